The zero-order valence-electron chi connectivity index (χ0n) is 9.55. The summed E-state index contributed by atoms with van der Waals surface area (Å²) in [4.78, 5) is 15.4. The summed E-state index contributed by atoms with van der Waals surface area (Å²) in [5, 5.41) is 11.8. The Morgan fingerprint density at radius 1 is 1.11 bits per heavy atom. The Morgan fingerprint density at radius 3 is 2.37 bits per heavy atom. The molecule has 0 aliphatic heterocycles. The van der Waals surface area contributed by atoms with E-state index in [1.165, 1.54) is 18.2 Å². The molecule has 4 nitrogen and oxygen atoms in total. The highest BCUT2D eigenvalue weighted by Crippen LogP contribution is 2.10. The van der Waals surface area contributed by atoms with Crippen molar-refractivity contribution >= 4 is 11.5 Å². The second kappa shape index (κ2) is 5.34. The first-order chi connectivity index (χ1) is 9.11. The smallest absolute Gasteiger partial charge is 0.215 e. The summed E-state index contributed by atoms with van der Waals surface area (Å²) in [7, 11) is 0. The minimum Gasteiger partial charge on any atom is -0.410 e. The van der Waals surface area contributed by atoms with Crippen molar-refractivity contribution in [2.45, 2.75) is 0 Å². The Bertz CT molecular complexity index is 639. The van der Waals surface area contributed by atoms with Gasteiger partial charge in [-0.1, -0.05) is 5.16 Å². The van der Waals surface area contributed by atoms with E-state index < -0.39 is 17.5 Å². The fraction of sp³-hybridized carbons (Fsp3) is 0. The maximum atomic E-state index is 13.0. The van der Waals surface area contributed by atoms with E-state index in [1.54, 1.807) is 0 Å². The lowest BCUT2D eigenvalue weighted by atomic mass is 10.0. The molecule has 1 aromatic carbocycles. The van der Waals surface area contributed by atoms with Crippen LogP contribution in [0.4, 0.5) is 8.78 Å². The van der Waals surface area contributed by atoms with Crippen molar-refractivity contribution in [2.24, 2.45) is 5.16 Å². The Balaban J connectivity index is 2.38. The van der Waals surface area contributed by atoms with Gasteiger partial charge in [0.2, 0.25) is 11.7 Å². The molecule has 1 N–H and O–H groups in total. The summed E-state index contributed by atoms with van der Waals surface area (Å²) in [6.07, 6.45) is 1.15. The molecule has 0 unspecified atom stereocenters. The van der Waals surface area contributed by atoms with E-state index in [4.69, 9.17) is 5.21 Å². The van der Waals surface area contributed by atoms with Gasteiger partial charge in [0.05, 0.1) is 0 Å². The molecule has 2 aromatic rings. The Kier molecular flexibility index (Phi) is 3.61. The highest BCUT2D eigenvalue weighted by molar-refractivity contribution is 6.51. The van der Waals surface area contributed by atoms with E-state index in [0.717, 1.165) is 24.4 Å². The van der Waals surface area contributed by atoms with Gasteiger partial charge in [-0.2, -0.15) is 4.39 Å². The van der Waals surface area contributed by atoms with Crippen molar-refractivity contribution in [1.82, 2.24) is 4.98 Å². The maximum absolute atomic E-state index is 13.0. The van der Waals surface area contributed by atoms with Crippen molar-refractivity contribution in [2.75, 3.05) is 0 Å². The summed E-state index contributed by atoms with van der Waals surface area (Å²) in [5.41, 5.74) is -0.122. The number of oxime groups is 1. The zero-order valence-corrected chi connectivity index (χ0v) is 9.55. The molecule has 0 spiro atoms. The molecule has 1 heterocycles. The Morgan fingerprint density at radius 2 is 1.79 bits per heavy atom. The highest BCUT2D eigenvalue weighted by atomic mass is 19.1. The van der Waals surface area contributed by atoms with Gasteiger partial charge in [-0.3, -0.25) is 4.79 Å². The lowest BCUT2D eigenvalue weighted by molar-refractivity contribution is 0.106. The second-order valence-corrected chi connectivity index (χ2v) is 3.65. The molecule has 0 aliphatic rings. The van der Waals surface area contributed by atoms with E-state index in [2.05, 4.69) is 10.1 Å². The van der Waals surface area contributed by atoms with Gasteiger partial charge in [-0.25, -0.2) is 9.37 Å². The fourth-order valence-corrected chi connectivity index (χ4v) is 1.52. The van der Waals surface area contributed by atoms with E-state index in [-0.39, 0.29) is 16.8 Å². The van der Waals surface area contributed by atoms with Crippen molar-refractivity contribution in [3.63, 3.8) is 0 Å². The summed E-state index contributed by atoms with van der Waals surface area (Å²) in [6.45, 7) is 0. The van der Waals surface area contributed by atoms with Crippen molar-refractivity contribution < 1.29 is 18.8 Å². The highest BCUT2D eigenvalue weighted by Gasteiger charge is 2.17. The largest absolute Gasteiger partial charge is 0.410 e. The minimum atomic E-state index is -0.800. The lowest BCUT2D eigenvalue weighted by Crippen LogP contribution is -2.16. The molecule has 0 bridgehead atoms. The average Bonchev–Trinajstić information content (AvgIpc) is 2.40. The molecule has 0 radical (unpaired) electrons. The first kappa shape index (κ1) is 12.8. The van der Waals surface area contributed by atoms with Crippen LogP contribution in [0.15, 0.2) is 47.8 Å². The number of hydrogen-bond donors (Lipinski definition) is 1. The SMILES string of the molecule is O=C(/C(=N\O)c1ccnc(F)c1)c1ccc(F)cc1. The second-order valence-electron chi connectivity index (χ2n) is 3.65. The number of Topliss-reactive ketones (excluding diaryl/α,β-unsaturated/α-hetero) is 1. The third-order valence-electron chi connectivity index (χ3n) is 2.42. The number of aromatic nitrogens is 1. The lowest BCUT2D eigenvalue weighted by Gasteiger charge is -2.04. The molecule has 19 heavy (non-hydrogen) atoms. The number of carbonyl (C=O) groups excluding carboxylic acids is 1. The van der Waals surface area contributed by atoms with Gasteiger partial charge in [0.25, 0.3) is 0 Å². The first-order valence-electron chi connectivity index (χ1n) is 5.26. The van der Waals surface area contributed by atoms with Gasteiger partial charge in [-0.15, -0.1) is 0 Å². The van der Waals surface area contributed by atoms with Gasteiger partial charge in [-0.05, 0) is 30.3 Å². The molecule has 0 amide bonds. The number of nitrogens with zero attached hydrogens (tertiary/aromatic N) is 2. The van der Waals surface area contributed by atoms with Crippen LogP contribution < -0.4 is 0 Å². The molecule has 2 rings (SSSR count). The molecule has 0 saturated heterocycles. The summed E-state index contributed by atoms with van der Waals surface area (Å²) >= 11 is 0. The van der Waals surface area contributed by atoms with Crippen molar-refractivity contribution in [3.8, 4) is 0 Å². The van der Waals surface area contributed by atoms with Crippen LogP contribution in [0.25, 0.3) is 0 Å². The number of rotatable bonds is 3. The summed E-state index contributed by atoms with van der Waals surface area (Å²) in [5.74, 6) is -1.94. The average molecular weight is 262 g/mol. The number of halogens is 2. The van der Waals surface area contributed by atoms with Crippen LogP contribution >= 0.6 is 0 Å². The van der Waals surface area contributed by atoms with E-state index in [0.29, 0.717) is 0 Å². The van der Waals surface area contributed by atoms with Crippen LogP contribution in [-0.4, -0.2) is 21.7 Å². The predicted octanol–water partition coefficient (Wildman–Crippen LogP) is 2.42. The maximum Gasteiger partial charge on any atom is 0.215 e. The van der Waals surface area contributed by atoms with Gasteiger partial charge >= 0.3 is 0 Å². The van der Waals surface area contributed by atoms with E-state index in [9.17, 15) is 13.6 Å². The first-order valence-corrected chi connectivity index (χ1v) is 5.26. The zero-order chi connectivity index (χ0) is 13.8. The molecule has 96 valence electrons. The molecule has 1 aromatic heterocycles. The van der Waals surface area contributed by atoms with E-state index >= 15 is 0 Å². The number of ketones is 1. The quantitative estimate of drug-likeness (QED) is 0.304. The standard InChI is InChI=1S/C13H8F2N2O2/c14-10-3-1-8(2-4-10)13(18)12(17-19)9-5-6-16-11(15)7-9/h1-7,19H/b17-12-. The van der Waals surface area contributed by atoms with Gasteiger partial charge in [0.15, 0.2) is 5.71 Å². The Hall–Kier alpha value is -2.63. The number of benzene rings is 1. The van der Waals surface area contributed by atoms with Gasteiger partial charge < -0.3 is 5.21 Å². The van der Waals surface area contributed by atoms with Gasteiger partial charge in [0.1, 0.15) is 5.82 Å². The van der Waals surface area contributed by atoms with Crippen LogP contribution in [0.3, 0.4) is 0 Å². The van der Waals surface area contributed by atoms with Crippen LogP contribution in [0.5, 0.6) is 0 Å². The van der Waals surface area contributed by atoms with Gasteiger partial charge in [0, 0.05) is 23.4 Å². The summed E-state index contributed by atoms with van der Waals surface area (Å²) in [6, 6.07) is 7.02. The molecule has 0 fully saturated rings. The molecular formula is C13H8F2N2O2. The molecular weight excluding hydrogens is 254 g/mol. The molecule has 0 saturated carbocycles. The number of carbonyl (C=O) groups is 1. The van der Waals surface area contributed by atoms with Crippen LogP contribution in [0.2, 0.25) is 0 Å². The van der Waals surface area contributed by atoms with E-state index in [1.807, 2.05) is 0 Å². The fourth-order valence-electron chi connectivity index (χ4n) is 1.52. The van der Waals surface area contributed by atoms with Crippen molar-refractivity contribution in [1.29, 1.82) is 0 Å². The Labute approximate surface area is 107 Å². The summed E-state index contributed by atoms with van der Waals surface area (Å²) < 4.78 is 25.7. The third-order valence-corrected chi connectivity index (χ3v) is 2.42. The van der Waals surface area contributed by atoms with Crippen LogP contribution in [0.1, 0.15) is 15.9 Å². The van der Waals surface area contributed by atoms with Crippen LogP contribution in [0, 0.1) is 11.8 Å². The minimum absolute atomic E-state index is 0.0873. The topological polar surface area (TPSA) is 62.5 Å². The third kappa shape index (κ3) is 2.79. The van der Waals surface area contributed by atoms with Crippen molar-refractivity contribution in [3.05, 3.63) is 65.5 Å². The molecule has 0 aliphatic carbocycles. The molecule has 6 heteroatoms. The molecule has 0 atom stereocenters. The predicted molar refractivity (Wildman–Crippen MR) is 63.2 cm³/mol. The number of pyridine rings is 1. The normalized spacial score (nSPS) is 11.4. The number of hydrogen-bond acceptors (Lipinski definition) is 4. The van der Waals surface area contributed by atoms with Crippen LogP contribution in [-0.2, 0) is 0 Å². The monoisotopic (exact) mass is 262 g/mol.